The molecule has 26 heavy (non-hydrogen) atoms. The molecule has 0 aliphatic carbocycles. The van der Waals surface area contributed by atoms with E-state index in [4.69, 9.17) is 25.8 Å². The number of amides is 1. The van der Waals surface area contributed by atoms with Gasteiger partial charge in [0.1, 0.15) is 5.75 Å². The number of hydrogen-bond acceptors (Lipinski definition) is 6. The Labute approximate surface area is 154 Å². The molecule has 138 valence electrons. The highest BCUT2D eigenvalue weighted by atomic mass is 35.5. The van der Waals surface area contributed by atoms with Gasteiger partial charge in [-0.2, -0.15) is 0 Å². The maximum absolute atomic E-state index is 12.4. The second-order valence-electron chi connectivity index (χ2n) is 5.19. The van der Waals surface area contributed by atoms with Gasteiger partial charge in [-0.15, -0.1) is 0 Å². The van der Waals surface area contributed by atoms with Crippen molar-refractivity contribution in [3.8, 4) is 17.2 Å². The van der Waals surface area contributed by atoms with Gasteiger partial charge in [0.15, 0.2) is 17.6 Å². The first-order chi connectivity index (χ1) is 12.3. The molecule has 0 heterocycles. The van der Waals surface area contributed by atoms with Crippen LogP contribution in [-0.4, -0.2) is 31.2 Å². The van der Waals surface area contributed by atoms with E-state index in [9.17, 15) is 14.9 Å². The van der Waals surface area contributed by atoms with Crippen molar-refractivity contribution in [2.75, 3.05) is 19.5 Å². The summed E-state index contributed by atoms with van der Waals surface area (Å²) < 4.78 is 15.8. The lowest BCUT2D eigenvalue weighted by Gasteiger charge is -2.17. The van der Waals surface area contributed by atoms with Crippen LogP contribution in [0.1, 0.15) is 6.92 Å². The summed E-state index contributed by atoms with van der Waals surface area (Å²) in [4.78, 5) is 22.8. The number of halogens is 1. The molecule has 0 spiro atoms. The molecule has 0 fully saturated rings. The zero-order valence-electron chi connectivity index (χ0n) is 14.3. The molecule has 9 heteroatoms. The number of benzene rings is 2. The van der Waals surface area contributed by atoms with Crippen molar-refractivity contribution >= 4 is 28.9 Å². The Morgan fingerprint density at radius 3 is 2.38 bits per heavy atom. The number of non-ortho nitro benzene ring substituents is 1. The van der Waals surface area contributed by atoms with E-state index >= 15 is 0 Å². The van der Waals surface area contributed by atoms with Crippen LogP contribution in [-0.2, 0) is 4.79 Å². The summed E-state index contributed by atoms with van der Waals surface area (Å²) >= 11 is 5.93. The van der Waals surface area contributed by atoms with E-state index < -0.39 is 16.9 Å². The second kappa shape index (κ2) is 8.39. The summed E-state index contributed by atoms with van der Waals surface area (Å²) in [5.74, 6) is 0.306. The topological polar surface area (TPSA) is 99.9 Å². The van der Waals surface area contributed by atoms with E-state index in [1.54, 1.807) is 18.2 Å². The van der Waals surface area contributed by atoms with Crippen LogP contribution in [0.3, 0.4) is 0 Å². The van der Waals surface area contributed by atoms with Crippen LogP contribution in [0.4, 0.5) is 11.4 Å². The largest absolute Gasteiger partial charge is 0.495 e. The molecular weight excluding hydrogens is 364 g/mol. The van der Waals surface area contributed by atoms with Crippen LogP contribution in [0.5, 0.6) is 17.2 Å². The Balaban J connectivity index is 2.18. The molecule has 2 aromatic rings. The van der Waals surface area contributed by atoms with Crippen LogP contribution < -0.4 is 19.5 Å². The quantitative estimate of drug-likeness (QED) is 0.581. The predicted molar refractivity (Wildman–Crippen MR) is 96.4 cm³/mol. The van der Waals surface area contributed by atoms with Crippen LogP contribution in [0, 0.1) is 10.1 Å². The number of rotatable bonds is 7. The minimum Gasteiger partial charge on any atom is -0.495 e. The molecule has 2 rings (SSSR count). The van der Waals surface area contributed by atoms with Crippen molar-refractivity contribution in [3.05, 3.63) is 51.5 Å². The van der Waals surface area contributed by atoms with E-state index in [2.05, 4.69) is 5.32 Å². The van der Waals surface area contributed by atoms with Gasteiger partial charge in [-0.05, 0) is 31.2 Å². The van der Waals surface area contributed by atoms with Crippen molar-refractivity contribution < 1.29 is 23.9 Å². The molecule has 1 N–H and O–H groups in total. The van der Waals surface area contributed by atoms with E-state index in [1.165, 1.54) is 39.3 Å². The molecule has 0 saturated heterocycles. The molecule has 0 saturated carbocycles. The number of nitrogens with one attached hydrogen (secondary N) is 1. The lowest BCUT2D eigenvalue weighted by molar-refractivity contribution is -0.385. The Morgan fingerprint density at radius 2 is 1.77 bits per heavy atom. The number of nitro benzene ring substituents is 1. The van der Waals surface area contributed by atoms with Crippen molar-refractivity contribution in [3.63, 3.8) is 0 Å². The molecule has 2 aromatic carbocycles. The Morgan fingerprint density at radius 1 is 1.12 bits per heavy atom. The molecule has 0 bridgehead atoms. The Kier molecular flexibility index (Phi) is 6.24. The van der Waals surface area contributed by atoms with E-state index in [-0.39, 0.29) is 17.2 Å². The third-order valence-corrected chi connectivity index (χ3v) is 3.69. The highest BCUT2D eigenvalue weighted by molar-refractivity contribution is 6.31. The van der Waals surface area contributed by atoms with Gasteiger partial charge in [-0.1, -0.05) is 11.6 Å². The number of hydrogen-bond donors (Lipinski definition) is 1. The van der Waals surface area contributed by atoms with Gasteiger partial charge in [0.2, 0.25) is 0 Å². The molecule has 0 aromatic heterocycles. The number of carbonyl (C=O) groups excluding carboxylic acids is 1. The number of carbonyl (C=O) groups is 1. The monoisotopic (exact) mass is 380 g/mol. The summed E-state index contributed by atoms with van der Waals surface area (Å²) in [6.45, 7) is 1.50. The molecule has 0 radical (unpaired) electrons. The number of anilines is 1. The minimum absolute atomic E-state index is 0.0856. The highest BCUT2D eigenvalue weighted by Crippen LogP contribution is 2.32. The van der Waals surface area contributed by atoms with E-state index in [1.807, 2.05) is 0 Å². The van der Waals surface area contributed by atoms with Gasteiger partial charge >= 0.3 is 0 Å². The number of nitrogens with zero attached hydrogens (tertiary/aromatic N) is 1. The number of nitro groups is 1. The van der Waals surface area contributed by atoms with Crippen molar-refractivity contribution in [2.45, 2.75) is 13.0 Å². The molecule has 1 atom stereocenters. The Bertz CT molecular complexity index is 827. The van der Waals surface area contributed by atoms with E-state index in [0.29, 0.717) is 16.5 Å². The second-order valence-corrected chi connectivity index (χ2v) is 5.62. The molecule has 0 aliphatic heterocycles. The van der Waals surface area contributed by atoms with Gasteiger partial charge in [-0.3, -0.25) is 14.9 Å². The zero-order valence-corrected chi connectivity index (χ0v) is 15.1. The van der Waals surface area contributed by atoms with Gasteiger partial charge in [0.25, 0.3) is 11.6 Å². The van der Waals surface area contributed by atoms with Crippen LogP contribution in [0.2, 0.25) is 5.02 Å². The summed E-state index contributed by atoms with van der Waals surface area (Å²) in [7, 11) is 2.86. The summed E-state index contributed by atoms with van der Waals surface area (Å²) in [5, 5.41) is 14.0. The fraction of sp³-hybridized carbons (Fsp3) is 0.235. The molecule has 0 unspecified atom stereocenters. The highest BCUT2D eigenvalue weighted by Gasteiger charge is 2.20. The lowest BCUT2D eigenvalue weighted by atomic mass is 10.2. The van der Waals surface area contributed by atoms with Gasteiger partial charge < -0.3 is 19.5 Å². The molecular formula is C17H17ClN2O6. The first-order valence-electron chi connectivity index (χ1n) is 7.49. The summed E-state index contributed by atoms with van der Waals surface area (Å²) in [5.41, 5.74) is 0.205. The predicted octanol–water partition coefficient (Wildman–Crippen LogP) is 3.67. The van der Waals surface area contributed by atoms with Crippen molar-refractivity contribution in [1.29, 1.82) is 0 Å². The first kappa shape index (κ1) is 19.3. The maximum Gasteiger partial charge on any atom is 0.273 e. The Hall–Kier alpha value is -3.00. The van der Waals surface area contributed by atoms with Crippen LogP contribution in [0.15, 0.2) is 36.4 Å². The third kappa shape index (κ3) is 4.54. The smallest absolute Gasteiger partial charge is 0.273 e. The van der Waals surface area contributed by atoms with Gasteiger partial charge in [0.05, 0.1) is 30.9 Å². The molecule has 0 aliphatic rings. The normalized spacial score (nSPS) is 11.4. The third-order valence-electron chi connectivity index (χ3n) is 3.45. The fourth-order valence-corrected chi connectivity index (χ4v) is 2.30. The SMILES string of the molecule is COc1ccc(Cl)cc1NC(=O)[C@H](C)Oc1cc([N+](=O)[O-])ccc1OC. The van der Waals surface area contributed by atoms with Crippen molar-refractivity contribution in [1.82, 2.24) is 0 Å². The maximum atomic E-state index is 12.4. The zero-order chi connectivity index (χ0) is 19.3. The minimum atomic E-state index is -0.963. The number of methoxy groups -OCH3 is 2. The molecule has 8 nitrogen and oxygen atoms in total. The average molecular weight is 381 g/mol. The summed E-state index contributed by atoms with van der Waals surface area (Å²) in [6.07, 6.45) is -0.963. The standard InChI is InChI=1S/C17H17ClN2O6/c1-10(17(21)19-13-8-11(18)4-6-14(13)24-2)26-16-9-12(20(22)23)5-7-15(16)25-3/h4-10H,1-3H3,(H,19,21)/t10-/m0/s1. The molecule has 1 amide bonds. The van der Waals surface area contributed by atoms with Crippen molar-refractivity contribution in [2.24, 2.45) is 0 Å². The number of ether oxygens (including phenoxy) is 3. The van der Waals surface area contributed by atoms with Gasteiger partial charge in [0, 0.05) is 11.1 Å². The van der Waals surface area contributed by atoms with E-state index in [0.717, 1.165) is 0 Å². The fourth-order valence-electron chi connectivity index (χ4n) is 2.13. The average Bonchev–Trinajstić information content (AvgIpc) is 2.61. The lowest BCUT2D eigenvalue weighted by Crippen LogP contribution is -2.30. The van der Waals surface area contributed by atoms with Crippen LogP contribution in [0.25, 0.3) is 0 Å². The summed E-state index contributed by atoms with van der Waals surface area (Å²) in [6, 6.07) is 8.67. The first-order valence-corrected chi connectivity index (χ1v) is 7.87. The van der Waals surface area contributed by atoms with Gasteiger partial charge in [-0.25, -0.2) is 0 Å². The van der Waals surface area contributed by atoms with Crippen LogP contribution >= 0.6 is 11.6 Å².